The van der Waals surface area contributed by atoms with Crippen LogP contribution in [0.4, 0.5) is 8.78 Å². The Balaban J connectivity index is 2.04. The molecule has 0 fully saturated rings. The lowest BCUT2D eigenvalue weighted by atomic mass is 10.1. The van der Waals surface area contributed by atoms with E-state index in [2.05, 4.69) is 14.8 Å². The Labute approximate surface area is 122 Å². The lowest BCUT2D eigenvalue weighted by Crippen LogP contribution is -2.02. The second-order valence-corrected chi connectivity index (χ2v) is 4.34. The topological polar surface area (TPSA) is 76.7 Å². The zero-order valence-corrected chi connectivity index (χ0v) is 11.0. The number of carboxylic acids is 1. The maximum absolute atomic E-state index is 12.1. The molecule has 3 aromatic rings. The molecule has 0 aliphatic carbocycles. The highest BCUT2D eigenvalue weighted by atomic mass is 19.3. The fourth-order valence-corrected chi connectivity index (χ4v) is 2.03. The molecule has 1 aromatic carbocycles. The summed E-state index contributed by atoms with van der Waals surface area (Å²) in [5, 5.41) is 12.9. The first kappa shape index (κ1) is 13.9. The van der Waals surface area contributed by atoms with Crippen LogP contribution >= 0.6 is 0 Å². The molecule has 6 nitrogen and oxygen atoms in total. The number of alkyl halides is 2. The average molecular weight is 305 g/mol. The van der Waals surface area contributed by atoms with Crippen molar-refractivity contribution < 1.29 is 23.4 Å². The molecule has 0 aliphatic heterocycles. The summed E-state index contributed by atoms with van der Waals surface area (Å²) in [6.07, 6.45) is 1.52. The van der Waals surface area contributed by atoms with Crippen molar-refractivity contribution in [2.45, 2.75) is 6.61 Å². The lowest BCUT2D eigenvalue weighted by molar-refractivity contribution is -0.0498. The molecule has 2 heterocycles. The van der Waals surface area contributed by atoms with Crippen LogP contribution in [0.15, 0.2) is 42.6 Å². The summed E-state index contributed by atoms with van der Waals surface area (Å²) in [4.78, 5) is 15.0. The highest BCUT2D eigenvalue weighted by Crippen LogP contribution is 2.23. The van der Waals surface area contributed by atoms with Gasteiger partial charge in [-0.25, -0.2) is 14.3 Å². The van der Waals surface area contributed by atoms with Crippen LogP contribution in [-0.4, -0.2) is 32.3 Å². The Morgan fingerprint density at radius 2 is 1.95 bits per heavy atom. The molecule has 0 saturated heterocycles. The van der Waals surface area contributed by atoms with Gasteiger partial charge in [0, 0.05) is 17.8 Å². The van der Waals surface area contributed by atoms with Crippen molar-refractivity contribution >= 4 is 11.6 Å². The van der Waals surface area contributed by atoms with E-state index in [0.29, 0.717) is 16.9 Å². The van der Waals surface area contributed by atoms with Crippen molar-refractivity contribution in [1.82, 2.24) is 14.6 Å². The van der Waals surface area contributed by atoms with Gasteiger partial charge >= 0.3 is 12.6 Å². The number of hydrogen-bond donors (Lipinski definition) is 1. The number of fused-ring (bicyclic) bond motifs is 1. The van der Waals surface area contributed by atoms with Crippen molar-refractivity contribution in [3.63, 3.8) is 0 Å². The SMILES string of the molecule is O=C(O)c1cc2nccc(-c3ccc(OC(F)F)cc3)n2n1. The molecule has 0 saturated carbocycles. The van der Waals surface area contributed by atoms with Crippen LogP contribution in [0.2, 0.25) is 0 Å². The van der Waals surface area contributed by atoms with E-state index in [0.717, 1.165) is 0 Å². The van der Waals surface area contributed by atoms with E-state index in [4.69, 9.17) is 5.11 Å². The molecule has 0 aliphatic rings. The number of hydrogen-bond acceptors (Lipinski definition) is 4. The third-order valence-corrected chi connectivity index (χ3v) is 2.95. The highest BCUT2D eigenvalue weighted by molar-refractivity contribution is 5.86. The second-order valence-electron chi connectivity index (χ2n) is 4.34. The summed E-state index contributed by atoms with van der Waals surface area (Å²) in [7, 11) is 0. The summed E-state index contributed by atoms with van der Waals surface area (Å²) < 4.78 is 29.9. The van der Waals surface area contributed by atoms with Crippen LogP contribution in [0.1, 0.15) is 10.5 Å². The minimum Gasteiger partial charge on any atom is -0.476 e. The first-order valence-electron chi connectivity index (χ1n) is 6.18. The van der Waals surface area contributed by atoms with Crippen LogP contribution < -0.4 is 4.74 Å². The summed E-state index contributed by atoms with van der Waals surface area (Å²) in [6, 6.07) is 8.95. The van der Waals surface area contributed by atoms with Gasteiger partial charge in [0.25, 0.3) is 0 Å². The molecule has 8 heteroatoms. The molecular weight excluding hydrogens is 296 g/mol. The number of aromatic nitrogens is 3. The van der Waals surface area contributed by atoms with Gasteiger partial charge in [0.1, 0.15) is 5.75 Å². The van der Waals surface area contributed by atoms with Crippen LogP contribution in [0, 0.1) is 0 Å². The minimum atomic E-state index is -2.89. The van der Waals surface area contributed by atoms with E-state index >= 15 is 0 Å². The van der Waals surface area contributed by atoms with Gasteiger partial charge in [-0.15, -0.1) is 0 Å². The van der Waals surface area contributed by atoms with Gasteiger partial charge < -0.3 is 9.84 Å². The van der Waals surface area contributed by atoms with Crippen molar-refractivity contribution in [2.24, 2.45) is 0 Å². The number of halogens is 2. The van der Waals surface area contributed by atoms with Crippen molar-refractivity contribution in [2.75, 3.05) is 0 Å². The number of nitrogens with zero attached hydrogens (tertiary/aromatic N) is 3. The van der Waals surface area contributed by atoms with Gasteiger partial charge in [-0.05, 0) is 30.3 Å². The van der Waals surface area contributed by atoms with E-state index in [-0.39, 0.29) is 11.4 Å². The maximum Gasteiger partial charge on any atom is 0.387 e. The second kappa shape index (κ2) is 5.40. The molecule has 1 N–H and O–H groups in total. The quantitative estimate of drug-likeness (QED) is 0.802. The summed E-state index contributed by atoms with van der Waals surface area (Å²) in [5.74, 6) is -1.12. The first-order chi connectivity index (χ1) is 10.5. The fraction of sp³-hybridized carbons (Fsp3) is 0.0714. The molecule has 0 bridgehead atoms. The van der Waals surface area contributed by atoms with E-state index < -0.39 is 12.6 Å². The minimum absolute atomic E-state index is 0.0377. The molecule has 2 aromatic heterocycles. The number of ether oxygens (including phenoxy) is 1. The van der Waals surface area contributed by atoms with E-state index in [9.17, 15) is 13.6 Å². The van der Waals surface area contributed by atoms with Crippen LogP contribution in [0.5, 0.6) is 5.75 Å². The smallest absolute Gasteiger partial charge is 0.387 e. The largest absolute Gasteiger partial charge is 0.476 e. The normalized spacial score (nSPS) is 11.0. The van der Waals surface area contributed by atoms with Gasteiger partial charge in [-0.1, -0.05) is 0 Å². The number of carbonyl (C=O) groups is 1. The fourth-order valence-electron chi connectivity index (χ4n) is 2.03. The molecule has 0 amide bonds. The standard InChI is InChI=1S/C14H9F2N3O3/c15-14(16)22-9-3-1-8(2-4-9)11-5-6-17-12-7-10(13(20)21)18-19(11)12/h1-7,14H,(H,20,21). The predicted octanol–water partition coefficient (Wildman–Crippen LogP) is 2.70. The van der Waals surface area contributed by atoms with Gasteiger partial charge in [0.15, 0.2) is 11.3 Å². The van der Waals surface area contributed by atoms with Crippen LogP contribution in [0.25, 0.3) is 16.9 Å². The zero-order chi connectivity index (χ0) is 15.7. The lowest BCUT2D eigenvalue weighted by Gasteiger charge is -2.07. The Morgan fingerprint density at radius 3 is 2.59 bits per heavy atom. The molecule has 0 atom stereocenters. The molecule has 112 valence electrons. The van der Waals surface area contributed by atoms with E-state index in [1.54, 1.807) is 18.2 Å². The summed E-state index contributed by atoms with van der Waals surface area (Å²) in [6.45, 7) is -2.89. The van der Waals surface area contributed by atoms with Crippen LogP contribution in [-0.2, 0) is 0 Å². The molecule has 0 radical (unpaired) electrons. The monoisotopic (exact) mass is 305 g/mol. The van der Waals surface area contributed by atoms with E-state index in [1.807, 2.05) is 0 Å². The van der Waals surface area contributed by atoms with Crippen molar-refractivity contribution in [1.29, 1.82) is 0 Å². The summed E-state index contributed by atoms with van der Waals surface area (Å²) >= 11 is 0. The Kier molecular flexibility index (Phi) is 3.42. The third kappa shape index (κ3) is 2.58. The maximum atomic E-state index is 12.1. The van der Waals surface area contributed by atoms with Crippen LogP contribution in [0.3, 0.4) is 0 Å². The van der Waals surface area contributed by atoms with Gasteiger partial charge in [0.2, 0.25) is 0 Å². The number of carboxylic acid groups (broad SMARTS) is 1. The molecule has 0 spiro atoms. The third-order valence-electron chi connectivity index (χ3n) is 2.95. The Bertz CT molecular complexity index is 831. The molecule has 22 heavy (non-hydrogen) atoms. The van der Waals surface area contributed by atoms with Crippen molar-refractivity contribution in [3.05, 3.63) is 48.3 Å². The summed E-state index contributed by atoms with van der Waals surface area (Å²) in [5.41, 5.74) is 1.50. The average Bonchev–Trinajstić information content (AvgIpc) is 2.91. The highest BCUT2D eigenvalue weighted by Gasteiger charge is 2.13. The predicted molar refractivity (Wildman–Crippen MR) is 72.0 cm³/mol. The number of rotatable bonds is 4. The molecule has 0 unspecified atom stereocenters. The van der Waals surface area contributed by atoms with Gasteiger partial charge in [-0.3, -0.25) is 0 Å². The molecule has 3 rings (SSSR count). The Morgan fingerprint density at radius 1 is 1.23 bits per heavy atom. The zero-order valence-electron chi connectivity index (χ0n) is 11.0. The van der Waals surface area contributed by atoms with Gasteiger partial charge in [-0.2, -0.15) is 13.9 Å². The number of aromatic carboxylic acids is 1. The Hall–Kier alpha value is -3.03. The number of benzene rings is 1. The van der Waals surface area contributed by atoms with Gasteiger partial charge in [0.05, 0.1) is 5.69 Å². The first-order valence-corrected chi connectivity index (χ1v) is 6.18. The molecular formula is C14H9F2N3O3. The van der Waals surface area contributed by atoms with Crippen molar-refractivity contribution in [3.8, 4) is 17.0 Å². The van der Waals surface area contributed by atoms with E-state index in [1.165, 1.54) is 28.9 Å².